The molecule has 0 aliphatic carbocycles. The number of alkyl halides is 3. The van der Waals surface area contributed by atoms with Crippen molar-refractivity contribution >= 4 is 34.8 Å². The molecule has 0 N–H and O–H groups in total. The molecule has 1 rings (SSSR count). The number of hydrogen-bond acceptors (Lipinski definition) is 0. The molecule has 1 aromatic carbocycles. The van der Waals surface area contributed by atoms with Gasteiger partial charge in [-0.1, -0.05) is 35.3 Å². The predicted octanol–water partition coefficient (Wildman–Crippen LogP) is 3.83. The van der Waals surface area contributed by atoms with Crippen LogP contribution in [0.25, 0.3) is 0 Å². The van der Waals surface area contributed by atoms with Crippen LogP contribution in [0.1, 0.15) is 5.56 Å². The van der Waals surface area contributed by atoms with Gasteiger partial charge < -0.3 is 0 Å². The smallest absolute Gasteiger partial charge is 0.165 e. The van der Waals surface area contributed by atoms with E-state index < -0.39 is 16.0 Å². The second-order valence-corrected chi connectivity index (χ2v) is 4.19. The SMILES string of the molecule is Fc1cccc(C(Cl)(Cl)CCl)c1F. The molecule has 0 unspecified atom stereocenters. The van der Waals surface area contributed by atoms with E-state index in [0.717, 1.165) is 6.07 Å². The number of rotatable bonds is 2. The normalized spacial score (nSPS) is 11.8. The lowest BCUT2D eigenvalue weighted by molar-refractivity contribution is 0.496. The molecule has 0 spiro atoms. The number of hydrogen-bond donors (Lipinski definition) is 0. The molecular formula is C8H5Cl3F2. The monoisotopic (exact) mass is 244 g/mol. The number of halogens is 5. The zero-order valence-corrected chi connectivity index (χ0v) is 8.60. The molecule has 0 bridgehead atoms. The highest BCUT2D eigenvalue weighted by molar-refractivity contribution is 6.51. The average molecular weight is 245 g/mol. The van der Waals surface area contributed by atoms with Gasteiger partial charge in [-0.3, -0.25) is 0 Å². The maximum Gasteiger partial charge on any atom is 0.165 e. The Morgan fingerprint density at radius 3 is 2.38 bits per heavy atom. The molecule has 72 valence electrons. The first-order valence-electron chi connectivity index (χ1n) is 3.37. The lowest BCUT2D eigenvalue weighted by atomic mass is 10.1. The van der Waals surface area contributed by atoms with Crippen molar-refractivity contribution in [2.75, 3.05) is 5.88 Å². The molecule has 0 fully saturated rings. The van der Waals surface area contributed by atoms with E-state index >= 15 is 0 Å². The van der Waals surface area contributed by atoms with Crippen molar-refractivity contribution in [1.82, 2.24) is 0 Å². The standard InChI is InChI=1S/C8H5Cl3F2/c9-4-8(10,11)5-2-1-3-6(12)7(5)13/h1-3H,4H2. The van der Waals surface area contributed by atoms with E-state index in [-0.39, 0.29) is 11.4 Å². The van der Waals surface area contributed by atoms with E-state index in [1.54, 1.807) is 0 Å². The summed E-state index contributed by atoms with van der Waals surface area (Å²) < 4.78 is 24.2. The Bertz CT molecular complexity index is 312. The minimum Gasteiger partial charge on any atom is -0.204 e. The summed E-state index contributed by atoms with van der Waals surface area (Å²) in [7, 11) is 0. The third-order valence-electron chi connectivity index (χ3n) is 1.51. The first-order valence-corrected chi connectivity index (χ1v) is 4.66. The quantitative estimate of drug-likeness (QED) is 0.695. The van der Waals surface area contributed by atoms with Gasteiger partial charge in [0.1, 0.15) is 0 Å². The average Bonchev–Trinajstić information content (AvgIpc) is 2.09. The van der Waals surface area contributed by atoms with Crippen molar-refractivity contribution in [1.29, 1.82) is 0 Å². The highest BCUT2D eigenvalue weighted by Crippen LogP contribution is 2.36. The van der Waals surface area contributed by atoms with E-state index in [4.69, 9.17) is 34.8 Å². The highest BCUT2D eigenvalue weighted by Gasteiger charge is 2.29. The Kier molecular flexibility index (Phi) is 3.38. The van der Waals surface area contributed by atoms with E-state index in [1.165, 1.54) is 12.1 Å². The van der Waals surface area contributed by atoms with Crippen LogP contribution in [-0.4, -0.2) is 5.88 Å². The van der Waals surface area contributed by atoms with Crippen LogP contribution in [0.3, 0.4) is 0 Å². The summed E-state index contributed by atoms with van der Waals surface area (Å²) in [5.41, 5.74) is -0.147. The molecule has 0 atom stereocenters. The summed E-state index contributed by atoms with van der Waals surface area (Å²) in [6.07, 6.45) is 0. The van der Waals surface area contributed by atoms with Crippen molar-refractivity contribution in [3.05, 3.63) is 35.4 Å². The van der Waals surface area contributed by atoms with E-state index in [0.29, 0.717) is 0 Å². The second-order valence-electron chi connectivity index (χ2n) is 2.44. The summed E-state index contributed by atoms with van der Waals surface area (Å²) in [5, 5.41) is 0. The van der Waals surface area contributed by atoms with Gasteiger partial charge in [0.15, 0.2) is 16.0 Å². The third kappa shape index (κ3) is 2.25. The molecule has 0 saturated carbocycles. The maximum absolute atomic E-state index is 13.1. The molecule has 0 nitrogen and oxygen atoms in total. The lowest BCUT2D eigenvalue weighted by Crippen LogP contribution is -2.15. The maximum atomic E-state index is 13.1. The van der Waals surface area contributed by atoms with Gasteiger partial charge in [0.25, 0.3) is 0 Å². The van der Waals surface area contributed by atoms with E-state index in [1.807, 2.05) is 0 Å². The van der Waals surface area contributed by atoms with Crippen LogP contribution < -0.4 is 0 Å². The van der Waals surface area contributed by atoms with Gasteiger partial charge in [0, 0.05) is 5.56 Å². The molecule has 0 radical (unpaired) electrons. The second kappa shape index (κ2) is 3.99. The van der Waals surface area contributed by atoms with Gasteiger partial charge in [-0.05, 0) is 6.07 Å². The fourth-order valence-corrected chi connectivity index (χ4v) is 1.29. The summed E-state index contributed by atoms with van der Waals surface area (Å²) >= 11 is 16.7. The Balaban J connectivity index is 3.22. The molecule has 5 heteroatoms. The minimum atomic E-state index is -1.59. The predicted molar refractivity (Wildman–Crippen MR) is 50.5 cm³/mol. The first-order chi connectivity index (χ1) is 5.99. The van der Waals surface area contributed by atoms with Crippen molar-refractivity contribution in [3.8, 4) is 0 Å². The Hall–Kier alpha value is -0.0500. The molecule has 0 aliphatic rings. The zero-order valence-electron chi connectivity index (χ0n) is 6.33. The molecule has 0 heterocycles. The Labute approximate surface area is 89.4 Å². The Morgan fingerprint density at radius 2 is 1.85 bits per heavy atom. The van der Waals surface area contributed by atoms with E-state index in [2.05, 4.69) is 0 Å². The van der Waals surface area contributed by atoms with Crippen LogP contribution in [0.15, 0.2) is 18.2 Å². The van der Waals surface area contributed by atoms with Crippen LogP contribution in [-0.2, 0) is 4.33 Å². The van der Waals surface area contributed by atoms with Crippen LogP contribution in [0.4, 0.5) is 8.78 Å². The highest BCUT2D eigenvalue weighted by atomic mass is 35.5. The molecule has 0 saturated heterocycles. The van der Waals surface area contributed by atoms with Gasteiger partial charge >= 0.3 is 0 Å². The van der Waals surface area contributed by atoms with Gasteiger partial charge in [0.2, 0.25) is 0 Å². The molecule has 0 amide bonds. The van der Waals surface area contributed by atoms with Crippen molar-refractivity contribution in [2.24, 2.45) is 0 Å². The first kappa shape index (κ1) is 11.0. The van der Waals surface area contributed by atoms with Crippen LogP contribution in [0.2, 0.25) is 0 Å². The zero-order chi connectivity index (χ0) is 10.1. The van der Waals surface area contributed by atoms with Crippen molar-refractivity contribution in [2.45, 2.75) is 4.33 Å². The summed E-state index contributed by atoms with van der Waals surface area (Å²) in [6.45, 7) is 0. The minimum absolute atomic E-state index is 0.147. The summed E-state index contributed by atoms with van der Waals surface area (Å²) in [4.78, 5) is 0. The molecular weight excluding hydrogens is 240 g/mol. The fourth-order valence-electron chi connectivity index (χ4n) is 0.858. The summed E-state index contributed by atoms with van der Waals surface area (Å²) in [6, 6.07) is 3.59. The van der Waals surface area contributed by atoms with Gasteiger partial charge in [-0.2, -0.15) is 0 Å². The Morgan fingerprint density at radius 1 is 1.23 bits per heavy atom. The van der Waals surface area contributed by atoms with Gasteiger partial charge in [0.05, 0.1) is 5.88 Å². The molecule has 0 aliphatic heterocycles. The van der Waals surface area contributed by atoms with Gasteiger partial charge in [-0.15, -0.1) is 11.6 Å². The molecule has 1 aromatic rings. The van der Waals surface area contributed by atoms with Crippen LogP contribution in [0.5, 0.6) is 0 Å². The van der Waals surface area contributed by atoms with Crippen molar-refractivity contribution < 1.29 is 8.78 Å². The third-order valence-corrected chi connectivity index (χ3v) is 2.86. The van der Waals surface area contributed by atoms with Crippen LogP contribution >= 0.6 is 34.8 Å². The van der Waals surface area contributed by atoms with Gasteiger partial charge in [-0.25, -0.2) is 8.78 Å². The fraction of sp³-hybridized carbons (Fsp3) is 0.250. The van der Waals surface area contributed by atoms with Crippen molar-refractivity contribution in [3.63, 3.8) is 0 Å². The van der Waals surface area contributed by atoms with E-state index in [9.17, 15) is 8.78 Å². The van der Waals surface area contributed by atoms with Crippen LogP contribution in [0, 0.1) is 11.6 Å². The molecule has 13 heavy (non-hydrogen) atoms. The number of benzene rings is 1. The largest absolute Gasteiger partial charge is 0.204 e. The topological polar surface area (TPSA) is 0 Å². The lowest BCUT2D eigenvalue weighted by Gasteiger charge is -2.17. The summed E-state index contributed by atoms with van der Waals surface area (Å²) in [5.74, 6) is -2.27. The molecule has 0 aromatic heterocycles.